The summed E-state index contributed by atoms with van der Waals surface area (Å²) in [5, 5.41) is 10.9. The maximum absolute atomic E-state index is 10.9. The Balaban J connectivity index is 1.74. The maximum Gasteiger partial charge on any atom is 0.269 e. The van der Waals surface area contributed by atoms with E-state index in [9.17, 15) is 10.1 Å². The number of nitrogens with zero attached hydrogens (tertiary/aromatic N) is 2. The molecule has 0 N–H and O–H groups in total. The molecule has 8 heteroatoms. The normalized spacial score (nSPS) is 14.1. The first-order chi connectivity index (χ1) is 13.0. The third kappa shape index (κ3) is 5.06. The highest BCUT2D eigenvalue weighted by molar-refractivity contribution is 9.11. The summed E-state index contributed by atoms with van der Waals surface area (Å²) < 4.78 is 7.47. The summed E-state index contributed by atoms with van der Waals surface area (Å²) in [7, 11) is 0. The van der Waals surface area contributed by atoms with Gasteiger partial charge in [-0.25, -0.2) is 0 Å². The number of halogens is 2. The highest BCUT2D eigenvalue weighted by Crippen LogP contribution is 2.36. The molecule has 0 atom stereocenters. The summed E-state index contributed by atoms with van der Waals surface area (Å²) in [5.41, 5.74) is 1.75. The van der Waals surface area contributed by atoms with Crippen LogP contribution in [0.25, 0.3) is 0 Å². The summed E-state index contributed by atoms with van der Waals surface area (Å²) in [5.74, 6) is 0.645. The largest absolute Gasteiger partial charge is 0.487 e. The Labute approximate surface area is 180 Å². The Kier molecular flexibility index (Phi) is 6.83. The lowest BCUT2D eigenvalue weighted by atomic mass is 10.1. The summed E-state index contributed by atoms with van der Waals surface area (Å²) >= 11 is 12.8. The minimum absolute atomic E-state index is 0.0523. The fourth-order valence-electron chi connectivity index (χ4n) is 3.02. The fourth-order valence-corrected chi connectivity index (χ4v) is 4.73. The molecule has 0 amide bonds. The zero-order chi connectivity index (χ0) is 19.4. The third-order valence-corrected chi connectivity index (χ3v) is 6.07. The molecule has 1 aliphatic rings. The van der Waals surface area contributed by atoms with Crippen LogP contribution in [0.2, 0.25) is 0 Å². The van der Waals surface area contributed by atoms with Crippen LogP contribution in [0, 0.1) is 10.1 Å². The van der Waals surface area contributed by atoms with Crippen molar-refractivity contribution in [3.63, 3.8) is 0 Å². The zero-order valence-electron chi connectivity index (χ0n) is 14.5. The number of hydrogen-bond acceptors (Lipinski definition) is 4. The smallest absolute Gasteiger partial charge is 0.269 e. The van der Waals surface area contributed by atoms with Crippen LogP contribution in [0.3, 0.4) is 0 Å². The van der Waals surface area contributed by atoms with Crippen LogP contribution in [0.5, 0.6) is 5.75 Å². The third-order valence-electron chi connectivity index (χ3n) is 4.39. The van der Waals surface area contributed by atoms with Gasteiger partial charge in [0, 0.05) is 30.8 Å². The molecule has 142 valence electrons. The average molecular weight is 514 g/mol. The molecule has 0 radical (unpaired) electrons. The Morgan fingerprint density at radius 2 is 1.81 bits per heavy atom. The van der Waals surface area contributed by atoms with Crippen molar-refractivity contribution in [3.05, 3.63) is 66.6 Å². The van der Waals surface area contributed by atoms with Crippen molar-refractivity contribution in [1.82, 2.24) is 4.90 Å². The fraction of sp³-hybridized carbons (Fsp3) is 0.316. The molecule has 0 unspecified atom stereocenters. The van der Waals surface area contributed by atoms with Gasteiger partial charge in [0.1, 0.15) is 17.3 Å². The number of hydrogen-bond donors (Lipinski definition) is 0. The van der Waals surface area contributed by atoms with Crippen molar-refractivity contribution >= 4 is 54.8 Å². The molecular formula is C19H18Br2N2O3S. The van der Waals surface area contributed by atoms with Gasteiger partial charge < -0.3 is 9.64 Å². The van der Waals surface area contributed by atoms with E-state index >= 15 is 0 Å². The highest BCUT2D eigenvalue weighted by atomic mass is 79.9. The van der Waals surface area contributed by atoms with Gasteiger partial charge in [0.05, 0.1) is 13.9 Å². The van der Waals surface area contributed by atoms with Gasteiger partial charge >= 0.3 is 0 Å². The summed E-state index contributed by atoms with van der Waals surface area (Å²) in [6, 6.07) is 10.4. The molecule has 2 aromatic rings. The van der Waals surface area contributed by atoms with Crippen molar-refractivity contribution in [2.45, 2.75) is 25.9 Å². The first-order valence-corrected chi connectivity index (χ1v) is 10.6. The van der Waals surface area contributed by atoms with Crippen LogP contribution >= 0.6 is 44.1 Å². The second-order valence-corrected chi connectivity index (χ2v) is 8.43. The maximum atomic E-state index is 10.9. The van der Waals surface area contributed by atoms with Gasteiger partial charge in [-0.2, -0.15) is 0 Å². The highest BCUT2D eigenvalue weighted by Gasteiger charge is 2.18. The number of rotatable bonds is 5. The lowest BCUT2D eigenvalue weighted by Gasteiger charge is -2.29. The summed E-state index contributed by atoms with van der Waals surface area (Å²) in [6.45, 7) is 2.23. The molecule has 0 spiro atoms. The van der Waals surface area contributed by atoms with Crippen molar-refractivity contribution in [1.29, 1.82) is 0 Å². The van der Waals surface area contributed by atoms with Crippen LogP contribution in [-0.4, -0.2) is 27.9 Å². The zero-order valence-corrected chi connectivity index (χ0v) is 18.5. The number of piperidine rings is 1. The predicted octanol–water partition coefficient (Wildman–Crippen LogP) is 5.86. The van der Waals surface area contributed by atoms with Crippen molar-refractivity contribution < 1.29 is 9.66 Å². The quantitative estimate of drug-likeness (QED) is 0.284. The second-order valence-electron chi connectivity index (χ2n) is 6.34. The first-order valence-electron chi connectivity index (χ1n) is 8.60. The number of benzene rings is 2. The number of non-ortho nitro benzene ring substituents is 1. The molecule has 0 saturated carbocycles. The van der Waals surface area contributed by atoms with Gasteiger partial charge in [-0.1, -0.05) is 24.4 Å². The van der Waals surface area contributed by atoms with E-state index in [-0.39, 0.29) is 12.3 Å². The number of likely N-dealkylation sites (tertiary alicyclic amines) is 1. The molecule has 0 aromatic heterocycles. The Bertz CT molecular complexity index is 847. The molecule has 1 fully saturated rings. The number of ether oxygens (including phenoxy) is 1. The van der Waals surface area contributed by atoms with Gasteiger partial charge in [0.15, 0.2) is 0 Å². The van der Waals surface area contributed by atoms with Crippen LogP contribution in [0.4, 0.5) is 5.69 Å². The van der Waals surface area contributed by atoms with Crippen LogP contribution < -0.4 is 4.74 Å². The van der Waals surface area contributed by atoms with Gasteiger partial charge in [-0.15, -0.1) is 0 Å². The van der Waals surface area contributed by atoms with E-state index < -0.39 is 4.92 Å². The molecule has 5 nitrogen and oxygen atoms in total. The SMILES string of the molecule is O=[N+]([O-])c1cccc(COc2c(Br)cc(C(=S)N3CCCCC3)cc2Br)c1. The van der Waals surface area contributed by atoms with Gasteiger partial charge in [-0.3, -0.25) is 10.1 Å². The minimum atomic E-state index is -0.411. The Morgan fingerprint density at radius 1 is 1.15 bits per heavy atom. The molecule has 1 heterocycles. The Hall–Kier alpha value is -1.51. The van der Waals surface area contributed by atoms with Gasteiger partial charge in [-0.05, 0) is 68.8 Å². The summed E-state index contributed by atoms with van der Waals surface area (Å²) in [6.07, 6.45) is 3.61. The van der Waals surface area contributed by atoms with Crippen LogP contribution in [-0.2, 0) is 6.61 Å². The molecule has 1 saturated heterocycles. The van der Waals surface area contributed by atoms with Gasteiger partial charge in [0.25, 0.3) is 5.69 Å². The molecule has 0 bridgehead atoms. The van der Waals surface area contributed by atoms with E-state index in [4.69, 9.17) is 17.0 Å². The summed E-state index contributed by atoms with van der Waals surface area (Å²) in [4.78, 5) is 13.6. The molecule has 27 heavy (non-hydrogen) atoms. The molecular weight excluding hydrogens is 496 g/mol. The molecule has 3 rings (SSSR count). The average Bonchev–Trinajstić information content (AvgIpc) is 2.67. The monoisotopic (exact) mass is 512 g/mol. The van der Waals surface area contributed by atoms with E-state index in [0.29, 0.717) is 5.75 Å². The standard InChI is InChI=1S/C19H18Br2N2O3S/c20-16-10-14(19(27)22-7-2-1-3-8-22)11-17(21)18(16)26-12-13-5-4-6-15(9-13)23(24)25/h4-6,9-11H,1-3,7-8,12H2. The van der Waals surface area contributed by atoms with Crippen molar-refractivity contribution in [2.75, 3.05) is 13.1 Å². The van der Waals surface area contributed by atoms with E-state index in [2.05, 4.69) is 36.8 Å². The van der Waals surface area contributed by atoms with Crippen molar-refractivity contribution in [3.8, 4) is 5.75 Å². The van der Waals surface area contributed by atoms with Crippen molar-refractivity contribution in [2.24, 2.45) is 0 Å². The molecule has 2 aromatic carbocycles. The molecule has 1 aliphatic heterocycles. The van der Waals surface area contributed by atoms with Crippen LogP contribution in [0.15, 0.2) is 45.3 Å². The van der Waals surface area contributed by atoms with E-state index in [1.54, 1.807) is 12.1 Å². The Morgan fingerprint density at radius 3 is 2.44 bits per heavy atom. The van der Waals surface area contributed by atoms with Gasteiger partial charge in [0.2, 0.25) is 0 Å². The lowest BCUT2D eigenvalue weighted by Crippen LogP contribution is -2.34. The number of nitro groups is 1. The van der Waals surface area contributed by atoms with E-state index in [1.807, 2.05) is 12.1 Å². The number of thiocarbonyl (C=S) groups is 1. The second kappa shape index (κ2) is 9.12. The number of nitro benzene ring substituents is 1. The predicted molar refractivity (Wildman–Crippen MR) is 116 cm³/mol. The first kappa shape index (κ1) is 20.2. The topological polar surface area (TPSA) is 55.6 Å². The lowest BCUT2D eigenvalue weighted by molar-refractivity contribution is -0.384. The van der Waals surface area contributed by atoms with E-state index in [0.717, 1.165) is 38.2 Å². The van der Waals surface area contributed by atoms with E-state index in [1.165, 1.54) is 31.4 Å². The molecule has 0 aliphatic carbocycles. The van der Waals surface area contributed by atoms with Crippen LogP contribution in [0.1, 0.15) is 30.4 Å². The minimum Gasteiger partial charge on any atom is -0.487 e.